The third kappa shape index (κ3) is 3.35. The molecule has 25 heavy (non-hydrogen) atoms. The number of esters is 1. The third-order valence-electron chi connectivity index (χ3n) is 4.85. The quantitative estimate of drug-likeness (QED) is 0.461. The summed E-state index contributed by atoms with van der Waals surface area (Å²) in [5.74, 6) is 0.697. The van der Waals surface area contributed by atoms with Gasteiger partial charge in [0.2, 0.25) is 17.5 Å². The average Bonchev–Trinajstić information content (AvgIpc) is 3.21. The van der Waals surface area contributed by atoms with Crippen molar-refractivity contribution in [3.63, 3.8) is 0 Å². The summed E-state index contributed by atoms with van der Waals surface area (Å²) in [4.78, 5) is 35.8. The van der Waals surface area contributed by atoms with E-state index >= 15 is 0 Å². The Morgan fingerprint density at radius 2 is 1.76 bits per heavy atom. The number of ether oxygens (including phenoxy) is 1. The van der Waals surface area contributed by atoms with Gasteiger partial charge in [-0.25, -0.2) is 4.79 Å². The molecule has 0 unspecified atom stereocenters. The minimum Gasteiger partial charge on any atom is -0.464 e. The number of nitrogens with zero attached hydrogens (tertiary/aromatic N) is 5. The van der Waals surface area contributed by atoms with E-state index in [1.54, 1.807) is 0 Å². The van der Waals surface area contributed by atoms with Gasteiger partial charge in [-0.1, -0.05) is 13.8 Å². The van der Waals surface area contributed by atoms with Crippen LogP contribution in [0.4, 0.5) is 17.5 Å². The Morgan fingerprint density at radius 1 is 1.16 bits per heavy atom. The lowest BCUT2D eigenvalue weighted by atomic mass is 10.2. The molecule has 0 spiro atoms. The highest BCUT2D eigenvalue weighted by atomic mass is 16.6. The molecular formula is C16H23N5O4. The van der Waals surface area contributed by atoms with Crippen molar-refractivity contribution in [1.82, 2.24) is 9.97 Å². The predicted octanol–water partition coefficient (Wildman–Crippen LogP) is 1.86. The number of carbonyl (C=O) groups excluding carboxylic acids is 1. The average molecular weight is 349 g/mol. The van der Waals surface area contributed by atoms with Gasteiger partial charge in [-0.05, 0) is 24.7 Å². The van der Waals surface area contributed by atoms with Crippen LogP contribution in [-0.4, -0.2) is 54.1 Å². The van der Waals surface area contributed by atoms with Crippen LogP contribution in [0.3, 0.4) is 0 Å². The van der Waals surface area contributed by atoms with E-state index in [0.29, 0.717) is 30.9 Å². The number of hydrogen-bond donors (Lipinski definition) is 0. The SMILES string of the molecule is COC(=O)c1nc(N2CC[C@H](C)C2)nc(N2CC[C@H](C)C2)c1[N+](=O)[O-]. The summed E-state index contributed by atoms with van der Waals surface area (Å²) in [7, 11) is 1.20. The molecule has 1 aromatic rings. The standard InChI is InChI=1S/C16H23N5O4/c1-10-4-6-19(8-10)14-13(21(23)24)12(15(22)25-3)17-16(18-14)20-7-5-11(2)9-20/h10-11H,4-9H2,1-3H3/t10-,11-/m0/s1. The van der Waals surface area contributed by atoms with E-state index < -0.39 is 10.9 Å². The molecule has 0 saturated carbocycles. The Bertz CT molecular complexity index is 695. The molecule has 0 amide bonds. The second-order valence-electron chi connectivity index (χ2n) is 6.97. The normalized spacial score (nSPS) is 23.2. The molecule has 3 rings (SSSR count). The fourth-order valence-corrected chi connectivity index (χ4v) is 3.44. The van der Waals surface area contributed by atoms with Crippen LogP contribution in [0.15, 0.2) is 0 Å². The summed E-state index contributed by atoms with van der Waals surface area (Å²) in [6.07, 6.45) is 1.94. The first kappa shape index (κ1) is 17.4. The highest BCUT2D eigenvalue weighted by molar-refractivity contribution is 5.94. The number of nitro groups is 1. The number of carbonyl (C=O) groups is 1. The molecule has 0 N–H and O–H groups in total. The highest BCUT2D eigenvalue weighted by Gasteiger charge is 2.36. The molecule has 2 saturated heterocycles. The summed E-state index contributed by atoms with van der Waals surface area (Å²) >= 11 is 0. The molecule has 0 aliphatic carbocycles. The largest absolute Gasteiger partial charge is 0.464 e. The van der Waals surface area contributed by atoms with E-state index in [0.717, 1.165) is 25.9 Å². The molecule has 2 atom stereocenters. The molecule has 1 aromatic heterocycles. The maximum atomic E-state index is 12.1. The van der Waals surface area contributed by atoms with E-state index in [-0.39, 0.29) is 17.2 Å². The van der Waals surface area contributed by atoms with Crippen molar-refractivity contribution in [3.05, 3.63) is 15.8 Å². The van der Waals surface area contributed by atoms with Crippen LogP contribution in [-0.2, 0) is 4.74 Å². The van der Waals surface area contributed by atoms with E-state index in [4.69, 9.17) is 4.74 Å². The van der Waals surface area contributed by atoms with Crippen LogP contribution in [0.5, 0.6) is 0 Å². The topological polar surface area (TPSA) is 102 Å². The van der Waals surface area contributed by atoms with Crippen LogP contribution in [0.2, 0.25) is 0 Å². The van der Waals surface area contributed by atoms with Gasteiger partial charge in [0, 0.05) is 26.2 Å². The van der Waals surface area contributed by atoms with Gasteiger partial charge in [-0.15, -0.1) is 0 Å². The fraction of sp³-hybridized carbons (Fsp3) is 0.688. The van der Waals surface area contributed by atoms with E-state index in [1.165, 1.54) is 7.11 Å². The summed E-state index contributed by atoms with van der Waals surface area (Å²) in [5, 5.41) is 11.7. The molecule has 9 heteroatoms. The van der Waals surface area contributed by atoms with Crippen LogP contribution in [0.25, 0.3) is 0 Å². The minimum atomic E-state index is -0.809. The Balaban J connectivity index is 2.12. The smallest absolute Gasteiger partial charge is 0.364 e. The van der Waals surface area contributed by atoms with Gasteiger partial charge in [-0.3, -0.25) is 10.1 Å². The van der Waals surface area contributed by atoms with Crippen molar-refractivity contribution < 1.29 is 14.5 Å². The lowest BCUT2D eigenvalue weighted by molar-refractivity contribution is -0.384. The molecule has 2 aliphatic heterocycles. The van der Waals surface area contributed by atoms with Crippen molar-refractivity contribution in [2.45, 2.75) is 26.7 Å². The second kappa shape index (κ2) is 6.81. The number of anilines is 2. The van der Waals surface area contributed by atoms with Gasteiger partial charge >= 0.3 is 11.7 Å². The molecular weight excluding hydrogens is 326 g/mol. The van der Waals surface area contributed by atoms with E-state index in [2.05, 4.69) is 23.8 Å². The van der Waals surface area contributed by atoms with Gasteiger partial charge in [0.1, 0.15) is 0 Å². The molecule has 0 aromatic carbocycles. The first-order chi connectivity index (χ1) is 11.9. The maximum Gasteiger partial charge on any atom is 0.364 e. The number of aromatic nitrogens is 2. The highest BCUT2D eigenvalue weighted by Crippen LogP contribution is 2.35. The first-order valence-electron chi connectivity index (χ1n) is 8.55. The third-order valence-corrected chi connectivity index (χ3v) is 4.85. The van der Waals surface area contributed by atoms with Gasteiger partial charge in [-0.2, -0.15) is 9.97 Å². The summed E-state index contributed by atoms with van der Waals surface area (Å²) in [6.45, 7) is 7.13. The van der Waals surface area contributed by atoms with Gasteiger partial charge < -0.3 is 14.5 Å². The van der Waals surface area contributed by atoms with Crippen molar-refractivity contribution in [1.29, 1.82) is 0 Å². The van der Waals surface area contributed by atoms with Crippen molar-refractivity contribution in [3.8, 4) is 0 Å². The number of rotatable bonds is 4. The zero-order valence-corrected chi connectivity index (χ0v) is 14.8. The zero-order chi connectivity index (χ0) is 18.1. The first-order valence-corrected chi connectivity index (χ1v) is 8.55. The lowest BCUT2D eigenvalue weighted by Gasteiger charge is -2.21. The second-order valence-corrected chi connectivity index (χ2v) is 6.97. The van der Waals surface area contributed by atoms with E-state index in [9.17, 15) is 14.9 Å². The molecule has 0 radical (unpaired) electrons. The summed E-state index contributed by atoms with van der Waals surface area (Å²) < 4.78 is 4.73. The fourth-order valence-electron chi connectivity index (χ4n) is 3.44. The predicted molar refractivity (Wildman–Crippen MR) is 92.0 cm³/mol. The molecule has 136 valence electrons. The van der Waals surface area contributed by atoms with Crippen molar-refractivity contribution >= 4 is 23.4 Å². The zero-order valence-electron chi connectivity index (χ0n) is 14.8. The van der Waals surface area contributed by atoms with Gasteiger partial charge in [0.15, 0.2) is 0 Å². The minimum absolute atomic E-state index is 0.222. The van der Waals surface area contributed by atoms with Crippen LogP contribution < -0.4 is 9.80 Å². The van der Waals surface area contributed by atoms with Crippen molar-refractivity contribution in [2.24, 2.45) is 11.8 Å². The van der Waals surface area contributed by atoms with Crippen LogP contribution >= 0.6 is 0 Å². The Kier molecular flexibility index (Phi) is 4.73. The maximum absolute atomic E-state index is 12.1. The monoisotopic (exact) mass is 349 g/mol. The summed E-state index contributed by atoms with van der Waals surface area (Å²) in [5.41, 5.74) is -0.636. The number of hydrogen-bond acceptors (Lipinski definition) is 8. The van der Waals surface area contributed by atoms with Crippen LogP contribution in [0.1, 0.15) is 37.2 Å². The Labute approximate surface area is 146 Å². The molecule has 3 heterocycles. The molecule has 2 aliphatic rings. The van der Waals surface area contributed by atoms with Gasteiger partial charge in [0.05, 0.1) is 12.0 Å². The number of methoxy groups -OCH3 is 1. The van der Waals surface area contributed by atoms with E-state index in [1.807, 2.05) is 9.80 Å². The molecule has 2 fully saturated rings. The summed E-state index contributed by atoms with van der Waals surface area (Å²) in [6, 6.07) is 0. The molecule has 0 bridgehead atoms. The molecule has 9 nitrogen and oxygen atoms in total. The van der Waals surface area contributed by atoms with Crippen molar-refractivity contribution in [2.75, 3.05) is 43.1 Å². The lowest BCUT2D eigenvalue weighted by Crippen LogP contribution is -2.28. The Hall–Kier alpha value is -2.45. The Morgan fingerprint density at radius 3 is 2.24 bits per heavy atom. The van der Waals surface area contributed by atoms with Gasteiger partial charge in [0.25, 0.3) is 0 Å². The van der Waals surface area contributed by atoms with Crippen LogP contribution in [0, 0.1) is 22.0 Å².